The summed E-state index contributed by atoms with van der Waals surface area (Å²) in [6, 6.07) is 31.9. The van der Waals surface area contributed by atoms with E-state index in [-0.39, 0.29) is 6.61 Å². The largest absolute Gasteiger partial charge is 0.394 e. The molecule has 0 saturated carbocycles. The van der Waals surface area contributed by atoms with Crippen molar-refractivity contribution < 1.29 is 14.9 Å². The molecule has 176 valence electrons. The van der Waals surface area contributed by atoms with Crippen molar-refractivity contribution in [2.24, 2.45) is 0 Å². The van der Waals surface area contributed by atoms with E-state index in [0.717, 1.165) is 27.5 Å². The molecule has 0 aromatic heterocycles. The van der Waals surface area contributed by atoms with Crippen LogP contribution in [0.3, 0.4) is 0 Å². The summed E-state index contributed by atoms with van der Waals surface area (Å²) in [6.07, 6.45) is -0.323. The van der Waals surface area contributed by atoms with Crippen molar-refractivity contribution in [1.29, 1.82) is 0 Å². The van der Waals surface area contributed by atoms with Gasteiger partial charge in [-0.05, 0) is 67.2 Å². The fourth-order valence-corrected chi connectivity index (χ4v) is 5.07. The summed E-state index contributed by atoms with van der Waals surface area (Å²) >= 11 is 0. The van der Waals surface area contributed by atoms with Gasteiger partial charge in [-0.2, -0.15) is 0 Å². The average molecular weight is 471 g/mol. The van der Waals surface area contributed by atoms with Gasteiger partial charge in [0.15, 0.2) is 0 Å². The second-order valence-electron chi connectivity index (χ2n) is 9.21. The number of hydrogen-bond acceptors (Lipinski definition) is 3. The molecule has 6 rings (SSSR count). The van der Waals surface area contributed by atoms with E-state index in [0.29, 0.717) is 19.6 Å². The van der Waals surface area contributed by atoms with Crippen molar-refractivity contribution in [2.45, 2.75) is 19.1 Å². The molecule has 6 aromatic rings. The highest BCUT2D eigenvalue weighted by atomic mass is 16.5. The first-order chi connectivity index (χ1) is 17.7. The van der Waals surface area contributed by atoms with Crippen molar-refractivity contribution in [3.05, 3.63) is 108 Å². The van der Waals surface area contributed by atoms with Crippen LogP contribution < -0.4 is 0 Å². The maximum Gasteiger partial charge on any atom is 0.0792 e. The molecule has 0 heterocycles. The minimum absolute atomic E-state index is 0.244. The molecule has 0 bridgehead atoms. The van der Waals surface area contributed by atoms with Gasteiger partial charge in [0.1, 0.15) is 0 Å². The van der Waals surface area contributed by atoms with Crippen LogP contribution in [0.5, 0.6) is 0 Å². The standard InChI is InChI=1S/C33H26O3/c34-20-28(35)18-19-36-21-27-15-11-22(29-6-1-2-7-30(27)29)8-9-23-10-12-26-14-13-24-4-3-5-25-16-17-31(23)33(26)32(24)25/h1-7,10-17,28,34-35H,18-21H2/t28-/m0/s1. The lowest BCUT2D eigenvalue weighted by Crippen LogP contribution is -2.14. The van der Waals surface area contributed by atoms with Gasteiger partial charge in [0, 0.05) is 17.7 Å². The molecule has 0 unspecified atom stereocenters. The Labute approximate surface area is 209 Å². The van der Waals surface area contributed by atoms with Gasteiger partial charge in [-0.1, -0.05) is 90.7 Å². The number of hydrogen-bond donors (Lipinski definition) is 2. The molecule has 0 fully saturated rings. The maximum atomic E-state index is 9.52. The number of aliphatic hydroxyl groups is 2. The zero-order valence-electron chi connectivity index (χ0n) is 19.9. The molecule has 3 heteroatoms. The molecule has 0 saturated heterocycles. The van der Waals surface area contributed by atoms with Crippen molar-refractivity contribution in [2.75, 3.05) is 13.2 Å². The van der Waals surface area contributed by atoms with Crippen LogP contribution >= 0.6 is 0 Å². The molecule has 0 amide bonds. The molecular weight excluding hydrogens is 444 g/mol. The van der Waals surface area contributed by atoms with Crippen LogP contribution in [-0.4, -0.2) is 29.5 Å². The Hall–Kier alpha value is -3.94. The Balaban J connectivity index is 1.37. The maximum absolute atomic E-state index is 9.52. The smallest absolute Gasteiger partial charge is 0.0792 e. The number of aliphatic hydroxyl groups excluding tert-OH is 2. The van der Waals surface area contributed by atoms with Gasteiger partial charge >= 0.3 is 0 Å². The van der Waals surface area contributed by atoms with Gasteiger partial charge in [-0.25, -0.2) is 0 Å². The van der Waals surface area contributed by atoms with E-state index < -0.39 is 6.10 Å². The third kappa shape index (κ3) is 4.06. The Morgan fingerprint density at radius 3 is 2.06 bits per heavy atom. The SMILES string of the molecule is OC[C@@H](O)CCOCc1ccc(C#Cc2ccc3ccc4cccc5ccc2c3c45)c2ccccc12. The predicted molar refractivity (Wildman–Crippen MR) is 147 cm³/mol. The van der Waals surface area contributed by atoms with Crippen LogP contribution in [0.15, 0.2) is 91.0 Å². The minimum atomic E-state index is -0.737. The fraction of sp³-hybridized carbons (Fsp3) is 0.152. The zero-order valence-corrected chi connectivity index (χ0v) is 19.9. The lowest BCUT2D eigenvalue weighted by molar-refractivity contribution is 0.0438. The molecule has 0 aliphatic carbocycles. The Morgan fingerprint density at radius 1 is 0.639 bits per heavy atom. The third-order valence-corrected chi connectivity index (χ3v) is 6.94. The summed E-state index contributed by atoms with van der Waals surface area (Å²) < 4.78 is 5.77. The van der Waals surface area contributed by atoms with E-state index in [2.05, 4.69) is 90.7 Å². The molecular formula is C33H26O3. The fourth-order valence-electron chi connectivity index (χ4n) is 5.07. The van der Waals surface area contributed by atoms with E-state index >= 15 is 0 Å². The topological polar surface area (TPSA) is 49.7 Å². The number of ether oxygens (including phenoxy) is 1. The van der Waals surface area contributed by atoms with Crippen LogP contribution in [0.2, 0.25) is 0 Å². The van der Waals surface area contributed by atoms with Gasteiger partial charge in [0.2, 0.25) is 0 Å². The van der Waals surface area contributed by atoms with Crippen LogP contribution in [0.1, 0.15) is 23.1 Å². The van der Waals surface area contributed by atoms with E-state index in [1.54, 1.807) is 0 Å². The van der Waals surface area contributed by atoms with E-state index in [1.165, 1.54) is 32.3 Å². The lowest BCUT2D eigenvalue weighted by atomic mass is 9.92. The Bertz CT molecular complexity index is 1740. The number of benzene rings is 6. The molecule has 0 aliphatic rings. The minimum Gasteiger partial charge on any atom is -0.394 e. The van der Waals surface area contributed by atoms with Crippen LogP contribution in [0, 0.1) is 11.8 Å². The molecule has 0 radical (unpaired) electrons. The summed E-state index contributed by atoms with van der Waals surface area (Å²) in [7, 11) is 0. The van der Waals surface area contributed by atoms with Crippen molar-refractivity contribution >= 4 is 43.1 Å². The monoisotopic (exact) mass is 470 g/mol. The molecule has 2 N–H and O–H groups in total. The third-order valence-electron chi connectivity index (χ3n) is 6.94. The van der Waals surface area contributed by atoms with E-state index in [9.17, 15) is 5.11 Å². The summed E-state index contributed by atoms with van der Waals surface area (Å²) in [4.78, 5) is 0. The molecule has 36 heavy (non-hydrogen) atoms. The summed E-state index contributed by atoms with van der Waals surface area (Å²) in [5, 5.41) is 28.2. The molecule has 6 aromatic carbocycles. The first kappa shape index (κ1) is 22.5. The van der Waals surface area contributed by atoms with Crippen molar-refractivity contribution in [1.82, 2.24) is 0 Å². The highest BCUT2D eigenvalue weighted by Crippen LogP contribution is 2.35. The van der Waals surface area contributed by atoms with E-state index in [4.69, 9.17) is 9.84 Å². The normalized spacial score (nSPS) is 12.4. The predicted octanol–water partition coefficient (Wildman–Crippen LogP) is 6.40. The van der Waals surface area contributed by atoms with Crippen molar-refractivity contribution in [3.63, 3.8) is 0 Å². The number of rotatable bonds is 6. The first-order valence-electron chi connectivity index (χ1n) is 12.3. The average Bonchev–Trinajstić information content (AvgIpc) is 2.93. The Kier molecular flexibility index (Phi) is 6.01. The highest BCUT2D eigenvalue weighted by molar-refractivity contribution is 6.23. The molecule has 1 atom stereocenters. The van der Waals surface area contributed by atoms with Crippen LogP contribution in [0.25, 0.3) is 43.1 Å². The van der Waals surface area contributed by atoms with Gasteiger partial charge in [-0.15, -0.1) is 0 Å². The quantitative estimate of drug-likeness (QED) is 0.168. The second kappa shape index (κ2) is 9.60. The molecule has 3 nitrogen and oxygen atoms in total. The summed E-state index contributed by atoms with van der Waals surface area (Å²) in [5.41, 5.74) is 3.09. The van der Waals surface area contributed by atoms with Gasteiger partial charge in [-0.3, -0.25) is 0 Å². The Morgan fingerprint density at radius 2 is 1.28 bits per heavy atom. The van der Waals surface area contributed by atoms with Crippen LogP contribution in [0.4, 0.5) is 0 Å². The summed E-state index contributed by atoms with van der Waals surface area (Å²) in [5.74, 6) is 6.91. The molecule has 0 spiro atoms. The van der Waals surface area contributed by atoms with Gasteiger partial charge < -0.3 is 14.9 Å². The zero-order chi connectivity index (χ0) is 24.5. The second-order valence-corrected chi connectivity index (χ2v) is 9.21. The number of fused-ring (bicyclic) bond motifs is 1. The van der Waals surface area contributed by atoms with Gasteiger partial charge in [0.25, 0.3) is 0 Å². The van der Waals surface area contributed by atoms with Crippen LogP contribution in [-0.2, 0) is 11.3 Å². The first-order valence-corrected chi connectivity index (χ1v) is 12.3. The summed E-state index contributed by atoms with van der Waals surface area (Å²) in [6.45, 7) is 0.597. The van der Waals surface area contributed by atoms with E-state index in [1.807, 2.05) is 12.1 Å². The van der Waals surface area contributed by atoms with Gasteiger partial charge in [0.05, 0.1) is 19.3 Å². The lowest BCUT2D eigenvalue weighted by Gasteiger charge is -2.12. The molecule has 0 aliphatic heterocycles. The highest BCUT2D eigenvalue weighted by Gasteiger charge is 2.10. The van der Waals surface area contributed by atoms with Crippen molar-refractivity contribution in [3.8, 4) is 11.8 Å².